The van der Waals surface area contributed by atoms with E-state index in [1.165, 1.54) is 5.17 Å². The van der Waals surface area contributed by atoms with Crippen molar-refractivity contribution in [2.24, 2.45) is 0 Å². The van der Waals surface area contributed by atoms with E-state index in [4.69, 9.17) is 0 Å². The number of allylic oxidation sites excluding steroid dienone is 1. The van der Waals surface area contributed by atoms with Crippen molar-refractivity contribution < 1.29 is 0 Å². The van der Waals surface area contributed by atoms with Crippen LogP contribution >= 0.6 is 113 Å². The third-order valence-corrected chi connectivity index (χ3v) is 8.39. The zero-order valence-electron chi connectivity index (χ0n) is 3.47. The van der Waals surface area contributed by atoms with Crippen molar-refractivity contribution in [3.63, 3.8) is 0 Å². The van der Waals surface area contributed by atoms with E-state index in [2.05, 4.69) is 113 Å². The molecular formula is C3HI5. The molecule has 0 fully saturated rings. The Balaban J connectivity index is 4.00. The van der Waals surface area contributed by atoms with Crippen molar-refractivity contribution >= 4 is 113 Å². The fraction of sp³-hybridized carbons (Fsp3) is 0.333. The summed E-state index contributed by atoms with van der Waals surface area (Å²) >= 11 is 11.8. The van der Waals surface area contributed by atoms with Crippen molar-refractivity contribution in [2.75, 3.05) is 0 Å². The van der Waals surface area contributed by atoms with Crippen LogP contribution in [0.5, 0.6) is 0 Å². The molecule has 0 aliphatic carbocycles. The van der Waals surface area contributed by atoms with Crippen molar-refractivity contribution in [1.29, 1.82) is 0 Å². The van der Waals surface area contributed by atoms with Gasteiger partial charge >= 0.3 is 0 Å². The molecule has 0 rings (SSSR count). The SMILES string of the molecule is IC(I)=C(I)C(I)I. The molecule has 8 heavy (non-hydrogen) atoms. The van der Waals surface area contributed by atoms with E-state index in [1.54, 1.807) is 0 Å². The molecule has 0 heterocycles. The molecule has 0 unspecified atom stereocenters. The van der Waals surface area contributed by atoms with E-state index < -0.39 is 0 Å². The van der Waals surface area contributed by atoms with Gasteiger partial charge in [-0.25, -0.2) is 0 Å². The quantitative estimate of drug-likeness (QED) is 0.282. The highest BCUT2D eigenvalue weighted by atomic mass is 127. The van der Waals surface area contributed by atoms with Gasteiger partial charge in [-0.3, -0.25) is 0 Å². The highest BCUT2D eigenvalue weighted by molar-refractivity contribution is 14.2. The van der Waals surface area contributed by atoms with Gasteiger partial charge in [0.15, 0.2) is 0 Å². The second-order valence-corrected chi connectivity index (χ2v) is 11.2. The molecular weight excluding hydrogens is 671 g/mol. The maximum absolute atomic E-state index is 2.40. The van der Waals surface area contributed by atoms with Gasteiger partial charge in [-0.1, -0.05) is 45.2 Å². The lowest BCUT2D eigenvalue weighted by Crippen LogP contribution is -1.80. The Morgan fingerprint density at radius 1 is 1.00 bits per heavy atom. The van der Waals surface area contributed by atoms with Crippen molar-refractivity contribution in [3.05, 3.63) is 5.17 Å². The molecule has 0 atom stereocenters. The summed E-state index contributed by atoms with van der Waals surface area (Å²) in [4.78, 5) is 0. The van der Waals surface area contributed by atoms with E-state index >= 15 is 0 Å². The van der Waals surface area contributed by atoms with Gasteiger partial charge in [0, 0.05) is 3.58 Å². The van der Waals surface area contributed by atoms with E-state index in [1.807, 2.05) is 0 Å². The second-order valence-electron chi connectivity index (χ2n) is 0.909. The number of alkyl halides is 2. The first-order valence-electron chi connectivity index (χ1n) is 1.54. The Labute approximate surface area is 117 Å². The number of hydrogen-bond acceptors (Lipinski definition) is 0. The third kappa shape index (κ3) is 5.09. The van der Waals surface area contributed by atoms with Crippen LogP contribution in [0, 0.1) is 0 Å². The normalized spacial score (nSPS) is 9.75. The lowest BCUT2D eigenvalue weighted by Gasteiger charge is -1.97. The van der Waals surface area contributed by atoms with Crippen molar-refractivity contribution in [2.45, 2.75) is 1.93 Å². The van der Waals surface area contributed by atoms with Gasteiger partial charge in [0.25, 0.3) is 0 Å². The number of hydrogen-bond donors (Lipinski definition) is 0. The average molecular weight is 672 g/mol. The van der Waals surface area contributed by atoms with Crippen molar-refractivity contribution in [1.82, 2.24) is 0 Å². The summed E-state index contributed by atoms with van der Waals surface area (Å²) in [6.45, 7) is 0. The Bertz CT molecular complexity index is 100. The first-order valence-corrected chi connectivity index (χ1v) is 7.27. The van der Waals surface area contributed by atoms with Crippen LogP contribution in [-0.2, 0) is 0 Å². The minimum absolute atomic E-state index is 0.634. The molecule has 0 aliphatic heterocycles. The molecule has 0 radical (unpaired) electrons. The van der Waals surface area contributed by atoms with Crippen LogP contribution in [0.3, 0.4) is 0 Å². The fourth-order valence-corrected chi connectivity index (χ4v) is 3.71. The molecule has 0 saturated carbocycles. The van der Waals surface area contributed by atoms with Crippen molar-refractivity contribution in [3.8, 4) is 0 Å². The highest BCUT2D eigenvalue weighted by Crippen LogP contribution is 2.34. The Morgan fingerprint density at radius 3 is 1.38 bits per heavy atom. The first-order chi connectivity index (χ1) is 3.55. The maximum Gasteiger partial charge on any atom is 0.0946 e. The minimum Gasteiger partial charge on any atom is -0.0651 e. The Morgan fingerprint density at radius 2 is 1.38 bits per heavy atom. The monoisotopic (exact) mass is 672 g/mol. The molecule has 0 amide bonds. The van der Waals surface area contributed by atoms with Crippen LogP contribution < -0.4 is 0 Å². The van der Waals surface area contributed by atoms with E-state index in [0.717, 1.165) is 0 Å². The molecule has 0 aromatic rings. The van der Waals surface area contributed by atoms with Crippen LogP contribution in [0.25, 0.3) is 0 Å². The zero-order valence-corrected chi connectivity index (χ0v) is 14.3. The molecule has 48 valence electrons. The van der Waals surface area contributed by atoms with E-state index in [0.29, 0.717) is 1.93 Å². The smallest absolute Gasteiger partial charge is 0.0651 e. The molecule has 0 aromatic carbocycles. The summed E-state index contributed by atoms with van der Waals surface area (Å²) in [5.74, 6) is 0. The second kappa shape index (κ2) is 5.97. The summed E-state index contributed by atoms with van der Waals surface area (Å²) in [6, 6.07) is 0. The molecule has 5 heteroatoms. The minimum atomic E-state index is 0.634. The average Bonchev–Trinajstić information content (AvgIpc) is 1.64. The van der Waals surface area contributed by atoms with Gasteiger partial charge in [-0.2, -0.15) is 0 Å². The highest BCUT2D eigenvalue weighted by Gasteiger charge is 2.03. The molecule has 0 spiro atoms. The summed E-state index contributed by atoms with van der Waals surface area (Å²) in [5.41, 5.74) is 0. The Hall–Kier alpha value is 3.39. The molecule has 0 aliphatic rings. The molecule has 0 nitrogen and oxygen atoms in total. The number of halogens is 5. The van der Waals surface area contributed by atoms with Gasteiger partial charge in [0.1, 0.15) is 0 Å². The first kappa shape index (κ1) is 11.4. The number of rotatable bonds is 1. The predicted molar refractivity (Wildman–Crippen MR) is 80.9 cm³/mol. The maximum atomic E-state index is 2.40. The van der Waals surface area contributed by atoms with Gasteiger partial charge in [0.05, 0.1) is 3.52 Å². The van der Waals surface area contributed by atoms with Crippen LogP contribution in [0.1, 0.15) is 0 Å². The lowest BCUT2D eigenvalue weighted by atomic mass is 10.8. The molecule has 0 N–H and O–H groups in total. The largest absolute Gasteiger partial charge is 0.0946 e. The van der Waals surface area contributed by atoms with Crippen LogP contribution in [0.15, 0.2) is 5.17 Å². The summed E-state index contributed by atoms with van der Waals surface area (Å²) in [7, 11) is 0. The van der Waals surface area contributed by atoms with Crippen LogP contribution in [0.2, 0.25) is 0 Å². The van der Waals surface area contributed by atoms with Gasteiger partial charge in [-0.15, -0.1) is 0 Å². The zero-order chi connectivity index (χ0) is 6.73. The van der Waals surface area contributed by atoms with E-state index in [9.17, 15) is 0 Å². The van der Waals surface area contributed by atoms with Crippen LogP contribution in [-0.4, -0.2) is 1.93 Å². The third-order valence-electron chi connectivity index (χ3n) is 0.372. The van der Waals surface area contributed by atoms with Gasteiger partial charge in [-0.05, 0) is 67.8 Å². The van der Waals surface area contributed by atoms with E-state index in [-0.39, 0.29) is 0 Å². The van der Waals surface area contributed by atoms with Crippen LogP contribution in [0.4, 0.5) is 0 Å². The standard InChI is InChI=1S/C3HI5/c4-1(2(5)6)3(7)8/h2H. The predicted octanol–water partition coefficient (Wildman–Crippen LogP) is 4.66. The molecule has 0 bridgehead atoms. The molecule has 0 aromatic heterocycles. The Kier molecular flexibility index (Phi) is 8.50. The van der Waals surface area contributed by atoms with Gasteiger partial charge in [0.2, 0.25) is 0 Å². The molecule has 0 saturated heterocycles. The summed E-state index contributed by atoms with van der Waals surface area (Å²) < 4.78 is 3.44. The topological polar surface area (TPSA) is 0 Å². The van der Waals surface area contributed by atoms with Gasteiger partial charge < -0.3 is 0 Å². The lowest BCUT2D eigenvalue weighted by molar-refractivity contribution is 1.80. The summed E-state index contributed by atoms with van der Waals surface area (Å²) in [6.07, 6.45) is 0. The summed E-state index contributed by atoms with van der Waals surface area (Å²) in [5, 5.41) is 0. The fourth-order valence-electron chi connectivity index (χ4n) is 0.0825.